The molecule has 0 bridgehead atoms. The molecular formula is C23H29N3O2. The summed E-state index contributed by atoms with van der Waals surface area (Å²) in [6.07, 6.45) is 6.80. The number of hydrogen-bond donors (Lipinski definition) is 2. The number of carbonyl (C=O) groups excluding carboxylic acids is 1. The molecule has 1 amide bonds. The predicted octanol–water partition coefficient (Wildman–Crippen LogP) is 3.31. The number of aliphatic hydroxyl groups is 1. The summed E-state index contributed by atoms with van der Waals surface area (Å²) in [7, 11) is 0. The lowest BCUT2D eigenvalue weighted by Gasteiger charge is -2.37. The van der Waals surface area contributed by atoms with E-state index in [-0.39, 0.29) is 24.0 Å². The Balaban J connectivity index is 1.41. The maximum absolute atomic E-state index is 12.8. The van der Waals surface area contributed by atoms with Crippen LogP contribution < -0.4 is 5.32 Å². The fraction of sp³-hybridized carbons (Fsp3) is 0.478. The largest absolute Gasteiger partial charge is 0.393 e. The summed E-state index contributed by atoms with van der Waals surface area (Å²) in [6.45, 7) is 3.29. The van der Waals surface area contributed by atoms with Crippen LogP contribution in [0.1, 0.15) is 59.8 Å². The van der Waals surface area contributed by atoms with Gasteiger partial charge in [0, 0.05) is 18.3 Å². The van der Waals surface area contributed by atoms with Gasteiger partial charge in [-0.3, -0.25) is 14.7 Å². The first kappa shape index (κ1) is 19.1. The lowest BCUT2D eigenvalue weighted by molar-refractivity contribution is 0.0228. The van der Waals surface area contributed by atoms with Gasteiger partial charge in [-0.1, -0.05) is 24.6 Å². The van der Waals surface area contributed by atoms with Gasteiger partial charge < -0.3 is 10.4 Å². The van der Waals surface area contributed by atoms with Gasteiger partial charge in [0.05, 0.1) is 17.8 Å². The third-order valence-electron chi connectivity index (χ3n) is 5.99. The molecule has 0 radical (unpaired) electrons. The minimum Gasteiger partial charge on any atom is -0.393 e. The van der Waals surface area contributed by atoms with Crippen molar-refractivity contribution in [3.8, 4) is 0 Å². The quantitative estimate of drug-likeness (QED) is 0.808. The lowest BCUT2D eigenvalue weighted by atomic mass is 9.76. The highest BCUT2D eigenvalue weighted by Gasteiger charge is 2.36. The standard InChI is InChI=1S/C23H29N3O2/c27-20-14-19(15-20)22(21-6-2-3-11-24-21)25-23(28)18-9-7-17(8-10-18)16-26-12-4-1-5-13-26/h2-3,6-11,19-20,22,27H,1,4-5,12-16H2,(H,25,28)/t19?,20?,22-/m1/s1. The number of aliphatic hydroxyl groups excluding tert-OH is 1. The molecule has 2 N–H and O–H groups in total. The second-order valence-corrected chi connectivity index (χ2v) is 8.12. The predicted molar refractivity (Wildman–Crippen MR) is 109 cm³/mol. The Morgan fingerprint density at radius 2 is 1.86 bits per heavy atom. The van der Waals surface area contributed by atoms with Crippen molar-refractivity contribution in [3.05, 3.63) is 65.5 Å². The topological polar surface area (TPSA) is 65.5 Å². The Bertz CT molecular complexity index is 766. The molecule has 1 saturated heterocycles. The summed E-state index contributed by atoms with van der Waals surface area (Å²) >= 11 is 0. The van der Waals surface area contributed by atoms with Gasteiger partial charge >= 0.3 is 0 Å². The van der Waals surface area contributed by atoms with Gasteiger partial charge in [-0.05, 0) is 74.5 Å². The second-order valence-electron chi connectivity index (χ2n) is 8.12. The van der Waals surface area contributed by atoms with Crippen molar-refractivity contribution in [2.45, 2.75) is 50.8 Å². The fourth-order valence-corrected chi connectivity index (χ4v) is 4.26. The zero-order valence-corrected chi connectivity index (χ0v) is 16.3. The van der Waals surface area contributed by atoms with Gasteiger partial charge in [-0.2, -0.15) is 0 Å². The van der Waals surface area contributed by atoms with Crippen LogP contribution in [0.25, 0.3) is 0 Å². The minimum atomic E-state index is -0.262. The van der Waals surface area contributed by atoms with Crippen LogP contribution in [0.3, 0.4) is 0 Å². The molecule has 1 aromatic carbocycles. The summed E-state index contributed by atoms with van der Waals surface area (Å²) in [6, 6.07) is 13.5. The monoisotopic (exact) mass is 379 g/mol. The third-order valence-corrected chi connectivity index (χ3v) is 5.99. The summed E-state index contributed by atoms with van der Waals surface area (Å²) < 4.78 is 0. The zero-order valence-electron chi connectivity index (χ0n) is 16.3. The second kappa shape index (κ2) is 8.84. The highest BCUT2D eigenvalue weighted by atomic mass is 16.3. The maximum atomic E-state index is 12.8. The number of carbonyl (C=O) groups is 1. The molecule has 1 aliphatic heterocycles. The Labute approximate surface area is 166 Å². The van der Waals surface area contributed by atoms with Gasteiger partial charge in [-0.25, -0.2) is 0 Å². The van der Waals surface area contributed by atoms with Crippen molar-refractivity contribution in [1.29, 1.82) is 0 Å². The number of nitrogens with one attached hydrogen (secondary N) is 1. The van der Waals surface area contributed by atoms with Gasteiger partial charge in [0.15, 0.2) is 0 Å². The molecule has 1 atom stereocenters. The number of hydrogen-bond acceptors (Lipinski definition) is 4. The van der Waals surface area contributed by atoms with E-state index in [4.69, 9.17) is 0 Å². The number of rotatable bonds is 6. The van der Waals surface area contributed by atoms with Crippen LogP contribution in [0, 0.1) is 5.92 Å². The number of likely N-dealkylation sites (tertiary alicyclic amines) is 1. The Kier molecular flexibility index (Phi) is 6.03. The molecular weight excluding hydrogens is 350 g/mol. The average Bonchev–Trinajstić information content (AvgIpc) is 2.72. The molecule has 5 nitrogen and oxygen atoms in total. The summed E-state index contributed by atoms with van der Waals surface area (Å²) in [4.78, 5) is 19.8. The van der Waals surface area contributed by atoms with E-state index in [1.165, 1.54) is 37.9 Å². The number of aromatic nitrogens is 1. The summed E-state index contributed by atoms with van der Waals surface area (Å²) in [5.74, 6) is 0.147. The molecule has 1 saturated carbocycles. The smallest absolute Gasteiger partial charge is 0.251 e. The van der Waals surface area contributed by atoms with Crippen LogP contribution in [-0.2, 0) is 6.54 Å². The van der Waals surface area contributed by atoms with Crippen LogP contribution in [0.4, 0.5) is 0 Å². The van der Waals surface area contributed by atoms with E-state index in [1.807, 2.05) is 30.3 Å². The molecule has 4 rings (SSSR count). The van der Waals surface area contributed by atoms with Gasteiger partial charge in [-0.15, -0.1) is 0 Å². The van der Waals surface area contributed by atoms with Gasteiger partial charge in [0.2, 0.25) is 0 Å². The first-order valence-electron chi connectivity index (χ1n) is 10.4. The summed E-state index contributed by atoms with van der Waals surface area (Å²) in [5.41, 5.74) is 2.78. The van der Waals surface area contributed by atoms with Crippen molar-refractivity contribution >= 4 is 5.91 Å². The van der Waals surface area contributed by atoms with Crippen LogP contribution in [0.15, 0.2) is 48.7 Å². The number of piperidine rings is 1. The van der Waals surface area contributed by atoms with Crippen molar-refractivity contribution in [1.82, 2.24) is 15.2 Å². The van der Waals surface area contributed by atoms with E-state index >= 15 is 0 Å². The average molecular weight is 380 g/mol. The third kappa shape index (κ3) is 4.59. The van der Waals surface area contributed by atoms with E-state index in [9.17, 15) is 9.90 Å². The summed E-state index contributed by atoms with van der Waals surface area (Å²) in [5, 5.41) is 12.8. The van der Waals surface area contributed by atoms with Crippen LogP contribution in [0.2, 0.25) is 0 Å². The lowest BCUT2D eigenvalue weighted by Crippen LogP contribution is -2.41. The van der Waals surface area contributed by atoms with Crippen molar-refractivity contribution in [2.75, 3.05) is 13.1 Å². The Morgan fingerprint density at radius 3 is 2.50 bits per heavy atom. The molecule has 1 aliphatic carbocycles. The number of nitrogens with zero attached hydrogens (tertiary/aromatic N) is 2. The SMILES string of the molecule is O=C(N[C@@H](c1ccccn1)C1CC(O)C1)c1ccc(CN2CCCCC2)cc1. The Morgan fingerprint density at radius 1 is 1.11 bits per heavy atom. The molecule has 28 heavy (non-hydrogen) atoms. The maximum Gasteiger partial charge on any atom is 0.251 e. The van der Waals surface area contributed by atoms with Gasteiger partial charge in [0.25, 0.3) is 5.91 Å². The highest BCUT2D eigenvalue weighted by Crippen LogP contribution is 2.37. The minimum absolute atomic E-state index is 0.0819. The molecule has 0 spiro atoms. The van der Waals surface area contributed by atoms with Crippen LogP contribution in [0.5, 0.6) is 0 Å². The van der Waals surface area contributed by atoms with Crippen molar-refractivity contribution in [2.24, 2.45) is 5.92 Å². The van der Waals surface area contributed by atoms with Crippen LogP contribution in [-0.4, -0.2) is 40.1 Å². The molecule has 148 valence electrons. The fourth-order valence-electron chi connectivity index (χ4n) is 4.26. The highest BCUT2D eigenvalue weighted by molar-refractivity contribution is 5.94. The first-order chi connectivity index (χ1) is 13.7. The number of amides is 1. The van der Waals surface area contributed by atoms with E-state index < -0.39 is 0 Å². The Hall–Kier alpha value is -2.24. The normalized spacial score (nSPS) is 23.6. The van der Waals surface area contributed by atoms with Crippen molar-refractivity contribution < 1.29 is 9.90 Å². The first-order valence-corrected chi connectivity index (χ1v) is 10.4. The van der Waals surface area contributed by atoms with Crippen LogP contribution >= 0.6 is 0 Å². The molecule has 1 aromatic heterocycles. The van der Waals surface area contributed by atoms with Crippen molar-refractivity contribution in [3.63, 3.8) is 0 Å². The molecule has 2 fully saturated rings. The molecule has 2 aromatic rings. The molecule has 0 unspecified atom stereocenters. The molecule has 2 heterocycles. The van der Waals surface area contributed by atoms with Gasteiger partial charge in [0.1, 0.15) is 0 Å². The van der Waals surface area contributed by atoms with E-state index in [1.54, 1.807) is 6.20 Å². The van der Waals surface area contributed by atoms with E-state index in [0.29, 0.717) is 18.4 Å². The van der Waals surface area contributed by atoms with E-state index in [2.05, 4.69) is 27.3 Å². The number of benzene rings is 1. The zero-order chi connectivity index (χ0) is 19.3. The number of pyridine rings is 1. The van der Waals surface area contributed by atoms with E-state index in [0.717, 1.165) is 12.2 Å². The molecule has 5 heteroatoms. The molecule has 2 aliphatic rings.